The van der Waals surface area contributed by atoms with Crippen LogP contribution in [0.1, 0.15) is 29.0 Å². The molecule has 1 aromatic heterocycles. The number of nitrogens with one attached hydrogen (secondary N) is 1. The Bertz CT molecular complexity index is 458. The molecule has 0 aliphatic carbocycles. The van der Waals surface area contributed by atoms with Crippen LogP contribution in [0, 0.1) is 12.8 Å². The van der Waals surface area contributed by atoms with Crippen LogP contribution in [0.2, 0.25) is 5.15 Å². The summed E-state index contributed by atoms with van der Waals surface area (Å²) in [6.45, 7) is 4.83. The zero-order valence-corrected chi connectivity index (χ0v) is 12.1. The summed E-state index contributed by atoms with van der Waals surface area (Å²) in [5, 5.41) is 3.46. The highest BCUT2D eigenvalue weighted by Gasteiger charge is 2.18. The van der Waals surface area contributed by atoms with E-state index in [9.17, 15) is 4.79 Å². The molecular weight excluding hydrogens is 264 g/mol. The number of aldehydes is 1. The van der Waals surface area contributed by atoms with Crippen molar-refractivity contribution in [3.63, 3.8) is 0 Å². The quantitative estimate of drug-likeness (QED) is 0.676. The molecule has 0 aromatic carbocycles. The molecule has 0 bridgehead atoms. The van der Waals surface area contributed by atoms with E-state index in [2.05, 4.69) is 27.2 Å². The number of anilines is 1. The maximum absolute atomic E-state index is 11.0. The van der Waals surface area contributed by atoms with Crippen LogP contribution in [0.5, 0.6) is 0 Å². The van der Waals surface area contributed by atoms with Crippen molar-refractivity contribution < 1.29 is 4.79 Å². The van der Waals surface area contributed by atoms with E-state index in [4.69, 9.17) is 11.6 Å². The number of carbonyl (C=O) groups excluding carboxylic acids is 1. The van der Waals surface area contributed by atoms with Gasteiger partial charge in [0.15, 0.2) is 6.29 Å². The topological polar surface area (TPSA) is 58.1 Å². The Hall–Kier alpha value is -1.20. The fourth-order valence-corrected chi connectivity index (χ4v) is 2.55. The molecule has 1 saturated heterocycles. The molecule has 1 fully saturated rings. The van der Waals surface area contributed by atoms with Crippen molar-refractivity contribution in [1.82, 2.24) is 14.9 Å². The molecule has 0 radical (unpaired) electrons. The van der Waals surface area contributed by atoms with E-state index >= 15 is 0 Å². The molecule has 0 unspecified atom stereocenters. The lowest BCUT2D eigenvalue weighted by atomic mass is 9.97. The van der Waals surface area contributed by atoms with Crippen molar-refractivity contribution in [2.75, 3.05) is 32.0 Å². The second kappa shape index (κ2) is 6.30. The number of carbonyl (C=O) groups is 1. The van der Waals surface area contributed by atoms with E-state index in [1.807, 2.05) is 0 Å². The van der Waals surface area contributed by atoms with Gasteiger partial charge in [0, 0.05) is 6.54 Å². The van der Waals surface area contributed by atoms with Gasteiger partial charge in [-0.1, -0.05) is 11.6 Å². The lowest BCUT2D eigenvalue weighted by Gasteiger charge is -2.29. The van der Waals surface area contributed by atoms with Gasteiger partial charge in [0.25, 0.3) is 0 Å². The first-order valence-corrected chi connectivity index (χ1v) is 6.89. The van der Waals surface area contributed by atoms with Crippen LogP contribution in [0.15, 0.2) is 0 Å². The van der Waals surface area contributed by atoms with Gasteiger partial charge in [0.2, 0.25) is 0 Å². The Balaban J connectivity index is 2.01. The normalized spacial score (nSPS) is 17.4. The minimum Gasteiger partial charge on any atom is -0.369 e. The van der Waals surface area contributed by atoms with Gasteiger partial charge in [0.05, 0.1) is 5.56 Å². The predicted octanol–water partition coefficient (Wildman–Crippen LogP) is 2.00. The van der Waals surface area contributed by atoms with Crippen LogP contribution in [0.3, 0.4) is 0 Å². The first-order valence-electron chi connectivity index (χ1n) is 6.52. The number of hydrogen-bond acceptors (Lipinski definition) is 5. The average molecular weight is 283 g/mol. The summed E-state index contributed by atoms with van der Waals surface area (Å²) in [6, 6.07) is 0. The third-order valence-electron chi connectivity index (χ3n) is 3.53. The zero-order chi connectivity index (χ0) is 13.8. The monoisotopic (exact) mass is 282 g/mol. The van der Waals surface area contributed by atoms with Gasteiger partial charge in [0.1, 0.15) is 16.8 Å². The maximum atomic E-state index is 11.0. The van der Waals surface area contributed by atoms with Gasteiger partial charge in [-0.15, -0.1) is 0 Å². The van der Waals surface area contributed by atoms with E-state index in [0.717, 1.165) is 32.5 Å². The third-order valence-corrected chi connectivity index (χ3v) is 3.81. The molecule has 6 heteroatoms. The van der Waals surface area contributed by atoms with Gasteiger partial charge in [-0.25, -0.2) is 9.97 Å². The third kappa shape index (κ3) is 3.64. The molecule has 1 N–H and O–H groups in total. The number of aryl methyl sites for hydroxylation is 1. The summed E-state index contributed by atoms with van der Waals surface area (Å²) in [5.41, 5.74) is 0.347. The summed E-state index contributed by atoms with van der Waals surface area (Å²) in [4.78, 5) is 21.6. The second-order valence-electron chi connectivity index (χ2n) is 5.07. The standard InChI is InChI=1S/C13H19ClN4O/c1-9-16-12(14)11(8-19)13(17-9)15-7-10-3-5-18(2)6-4-10/h8,10H,3-7H2,1-2H3,(H,15,16,17). The number of halogens is 1. The molecule has 2 rings (SSSR count). The molecule has 2 heterocycles. The van der Waals surface area contributed by atoms with Crippen molar-refractivity contribution in [1.29, 1.82) is 0 Å². The molecule has 1 aromatic rings. The lowest BCUT2D eigenvalue weighted by molar-refractivity contribution is 0.112. The summed E-state index contributed by atoms with van der Waals surface area (Å²) < 4.78 is 0. The number of piperidine rings is 1. The van der Waals surface area contributed by atoms with Crippen LogP contribution in [-0.2, 0) is 0 Å². The molecule has 5 nitrogen and oxygen atoms in total. The molecule has 0 atom stereocenters. The number of likely N-dealkylation sites (tertiary alicyclic amines) is 1. The largest absolute Gasteiger partial charge is 0.369 e. The summed E-state index contributed by atoms with van der Waals surface area (Å²) in [6.07, 6.45) is 3.04. The van der Waals surface area contributed by atoms with E-state index in [0.29, 0.717) is 29.4 Å². The van der Waals surface area contributed by atoms with Gasteiger partial charge in [-0.3, -0.25) is 4.79 Å². The van der Waals surface area contributed by atoms with Gasteiger partial charge in [-0.05, 0) is 45.8 Å². The Morgan fingerprint density at radius 2 is 2.11 bits per heavy atom. The Morgan fingerprint density at radius 3 is 2.74 bits per heavy atom. The number of rotatable bonds is 4. The smallest absolute Gasteiger partial charge is 0.156 e. The fraction of sp³-hybridized carbons (Fsp3) is 0.615. The van der Waals surface area contributed by atoms with E-state index in [-0.39, 0.29) is 5.15 Å². The van der Waals surface area contributed by atoms with E-state index < -0.39 is 0 Å². The Morgan fingerprint density at radius 1 is 1.42 bits per heavy atom. The summed E-state index contributed by atoms with van der Waals surface area (Å²) >= 11 is 5.95. The molecule has 104 valence electrons. The predicted molar refractivity (Wildman–Crippen MR) is 75.9 cm³/mol. The second-order valence-corrected chi connectivity index (χ2v) is 5.43. The van der Waals surface area contributed by atoms with E-state index in [1.165, 1.54) is 0 Å². The Labute approximate surface area is 118 Å². The fourth-order valence-electron chi connectivity index (χ4n) is 2.29. The molecule has 0 saturated carbocycles. The molecular formula is C13H19ClN4O. The first kappa shape index (κ1) is 14.2. The van der Waals surface area contributed by atoms with Crippen molar-refractivity contribution in [2.45, 2.75) is 19.8 Å². The SMILES string of the molecule is Cc1nc(Cl)c(C=O)c(NCC2CCN(C)CC2)n1. The van der Waals surface area contributed by atoms with Gasteiger partial charge in [-0.2, -0.15) is 0 Å². The highest BCUT2D eigenvalue weighted by atomic mass is 35.5. The zero-order valence-electron chi connectivity index (χ0n) is 11.3. The van der Waals surface area contributed by atoms with E-state index in [1.54, 1.807) is 6.92 Å². The molecule has 1 aliphatic rings. The van der Waals surface area contributed by atoms with Crippen molar-refractivity contribution in [2.24, 2.45) is 5.92 Å². The minimum atomic E-state index is 0.216. The van der Waals surface area contributed by atoms with Crippen LogP contribution in [0.4, 0.5) is 5.82 Å². The highest BCUT2D eigenvalue weighted by molar-refractivity contribution is 6.32. The highest BCUT2D eigenvalue weighted by Crippen LogP contribution is 2.21. The first-order chi connectivity index (χ1) is 9.10. The maximum Gasteiger partial charge on any atom is 0.156 e. The van der Waals surface area contributed by atoms with Crippen LogP contribution in [-0.4, -0.2) is 47.8 Å². The summed E-state index contributed by atoms with van der Waals surface area (Å²) in [7, 11) is 2.14. The van der Waals surface area contributed by atoms with Crippen molar-refractivity contribution in [3.05, 3.63) is 16.5 Å². The van der Waals surface area contributed by atoms with Crippen molar-refractivity contribution >= 4 is 23.7 Å². The number of hydrogen-bond donors (Lipinski definition) is 1. The minimum absolute atomic E-state index is 0.216. The van der Waals surface area contributed by atoms with Crippen LogP contribution >= 0.6 is 11.6 Å². The molecule has 19 heavy (non-hydrogen) atoms. The molecule has 0 amide bonds. The molecule has 1 aliphatic heterocycles. The Kier molecular flexibility index (Phi) is 4.71. The average Bonchev–Trinajstić information content (AvgIpc) is 2.37. The summed E-state index contributed by atoms with van der Waals surface area (Å²) in [5.74, 6) is 1.73. The lowest BCUT2D eigenvalue weighted by Crippen LogP contribution is -2.33. The van der Waals surface area contributed by atoms with Crippen LogP contribution in [0.25, 0.3) is 0 Å². The number of aromatic nitrogens is 2. The van der Waals surface area contributed by atoms with Gasteiger partial charge >= 0.3 is 0 Å². The molecule has 0 spiro atoms. The van der Waals surface area contributed by atoms with Crippen LogP contribution < -0.4 is 5.32 Å². The van der Waals surface area contributed by atoms with Gasteiger partial charge < -0.3 is 10.2 Å². The number of nitrogens with zero attached hydrogens (tertiary/aromatic N) is 3. The van der Waals surface area contributed by atoms with Crippen molar-refractivity contribution in [3.8, 4) is 0 Å².